The first kappa shape index (κ1) is 15.2. The fourth-order valence-electron chi connectivity index (χ4n) is 2.29. The van der Waals surface area contributed by atoms with Crippen molar-refractivity contribution < 1.29 is 4.39 Å². The minimum absolute atomic E-state index is 0.0631. The molecule has 0 aliphatic heterocycles. The van der Waals surface area contributed by atoms with Crippen molar-refractivity contribution in [2.45, 2.75) is 25.8 Å². The molecule has 2 aromatic carbocycles. The first-order valence-electron chi connectivity index (χ1n) is 6.75. The fourth-order valence-corrected chi connectivity index (χ4v) is 2.69. The monoisotopic (exact) mass is 335 g/mol. The molecule has 0 saturated heterocycles. The van der Waals surface area contributed by atoms with E-state index in [1.165, 1.54) is 17.2 Å². The normalized spacial score (nSPS) is 12.7. The van der Waals surface area contributed by atoms with Crippen LogP contribution in [-0.2, 0) is 0 Å². The van der Waals surface area contributed by atoms with E-state index in [0.29, 0.717) is 10.4 Å². The molecular formula is C17H19BrFN. The van der Waals surface area contributed by atoms with Crippen molar-refractivity contribution in [2.75, 3.05) is 7.05 Å². The lowest BCUT2D eigenvalue weighted by atomic mass is 9.95. The molecule has 0 heterocycles. The Hall–Kier alpha value is -1.19. The summed E-state index contributed by atoms with van der Waals surface area (Å²) in [5.41, 5.74) is 3.54. The third kappa shape index (κ3) is 3.28. The summed E-state index contributed by atoms with van der Waals surface area (Å²) in [4.78, 5) is 0. The molecule has 3 heteroatoms. The van der Waals surface area contributed by atoms with Gasteiger partial charge in [-0.15, -0.1) is 0 Å². The number of benzene rings is 2. The second-order valence-electron chi connectivity index (χ2n) is 5.22. The predicted octanol–water partition coefficient (Wildman–Crippen LogP) is 5.02. The molecule has 0 bridgehead atoms. The van der Waals surface area contributed by atoms with Crippen LogP contribution in [0, 0.1) is 5.82 Å². The van der Waals surface area contributed by atoms with Gasteiger partial charge in [-0.25, -0.2) is 4.39 Å². The van der Waals surface area contributed by atoms with Gasteiger partial charge in [0.05, 0.1) is 10.5 Å². The molecule has 106 valence electrons. The van der Waals surface area contributed by atoms with E-state index in [2.05, 4.69) is 59.4 Å². The smallest absolute Gasteiger partial charge is 0.137 e. The average Bonchev–Trinajstić information content (AvgIpc) is 2.44. The van der Waals surface area contributed by atoms with Gasteiger partial charge in [-0.05, 0) is 57.7 Å². The zero-order valence-electron chi connectivity index (χ0n) is 12.0. The van der Waals surface area contributed by atoms with Crippen molar-refractivity contribution in [1.82, 2.24) is 5.32 Å². The van der Waals surface area contributed by atoms with Crippen LogP contribution in [0.25, 0.3) is 0 Å². The van der Waals surface area contributed by atoms with Gasteiger partial charge in [0.1, 0.15) is 5.82 Å². The van der Waals surface area contributed by atoms with Crippen LogP contribution in [0.4, 0.5) is 4.39 Å². The zero-order chi connectivity index (χ0) is 14.7. The summed E-state index contributed by atoms with van der Waals surface area (Å²) in [6, 6.07) is 13.8. The van der Waals surface area contributed by atoms with Gasteiger partial charge in [-0.1, -0.05) is 44.2 Å². The highest BCUT2D eigenvalue weighted by molar-refractivity contribution is 9.10. The maximum absolute atomic E-state index is 13.3. The van der Waals surface area contributed by atoms with E-state index in [9.17, 15) is 4.39 Å². The van der Waals surface area contributed by atoms with Crippen molar-refractivity contribution in [3.8, 4) is 0 Å². The van der Waals surface area contributed by atoms with Crippen LogP contribution < -0.4 is 5.32 Å². The van der Waals surface area contributed by atoms with Crippen molar-refractivity contribution in [3.63, 3.8) is 0 Å². The number of hydrogen-bond donors (Lipinski definition) is 1. The molecule has 1 nitrogen and oxygen atoms in total. The Morgan fingerprint density at radius 3 is 2.00 bits per heavy atom. The first-order chi connectivity index (χ1) is 9.52. The maximum Gasteiger partial charge on any atom is 0.137 e. The van der Waals surface area contributed by atoms with E-state index in [1.807, 2.05) is 19.2 Å². The molecule has 0 amide bonds. The van der Waals surface area contributed by atoms with Crippen LogP contribution in [0.3, 0.4) is 0 Å². The molecule has 1 N–H and O–H groups in total. The van der Waals surface area contributed by atoms with Gasteiger partial charge in [-0.3, -0.25) is 0 Å². The van der Waals surface area contributed by atoms with E-state index < -0.39 is 0 Å². The van der Waals surface area contributed by atoms with Gasteiger partial charge < -0.3 is 5.32 Å². The number of hydrogen-bond acceptors (Lipinski definition) is 1. The molecule has 0 radical (unpaired) electrons. The second-order valence-corrected chi connectivity index (χ2v) is 6.07. The quantitative estimate of drug-likeness (QED) is 0.827. The zero-order valence-corrected chi connectivity index (χ0v) is 13.5. The lowest BCUT2D eigenvalue weighted by Gasteiger charge is -2.18. The maximum atomic E-state index is 13.3. The largest absolute Gasteiger partial charge is 0.309 e. The van der Waals surface area contributed by atoms with E-state index >= 15 is 0 Å². The summed E-state index contributed by atoms with van der Waals surface area (Å²) < 4.78 is 13.8. The highest BCUT2D eigenvalue weighted by atomic mass is 79.9. The molecule has 0 aliphatic carbocycles. The second kappa shape index (κ2) is 6.51. The topological polar surface area (TPSA) is 12.0 Å². The molecular weight excluding hydrogens is 317 g/mol. The van der Waals surface area contributed by atoms with Gasteiger partial charge in [0.2, 0.25) is 0 Å². The number of halogens is 2. The van der Waals surface area contributed by atoms with Crippen LogP contribution in [0.2, 0.25) is 0 Å². The van der Waals surface area contributed by atoms with Gasteiger partial charge in [0, 0.05) is 0 Å². The van der Waals surface area contributed by atoms with E-state index in [-0.39, 0.29) is 11.9 Å². The SMILES string of the molecule is CNC(c1ccc(C(C)C)cc1)c1ccc(F)c(Br)c1. The minimum atomic E-state index is -0.237. The van der Waals surface area contributed by atoms with Crippen LogP contribution in [0.15, 0.2) is 46.9 Å². The van der Waals surface area contributed by atoms with E-state index in [4.69, 9.17) is 0 Å². The first-order valence-corrected chi connectivity index (χ1v) is 7.54. The van der Waals surface area contributed by atoms with Gasteiger partial charge in [0.25, 0.3) is 0 Å². The molecule has 0 fully saturated rings. The highest BCUT2D eigenvalue weighted by Crippen LogP contribution is 2.27. The summed E-state index contributed by atoms with van der Waals surface area (Å²) in [7, 11) is 1.91. The number of rotatable bonds is 4. The predicted molar refractivity (Wildman–Crippen MR) is 85.5 cm³/mol. The Bertz CT molecular complexity index is 578. The Kier molecular flexibility index (Phi) is 4.95. The molecule has 1 unspecified atom stereocenters. The Balaban J connectivity index is 2.33. The number of nitrogens with one attached hydrogen (secondary N) is 1. The van der Waals surface area contributed by atoms with Crippen LogP contribution in [-0.4, -0.2) is 7.05 Å². The average molecular weight is 336 g/mol. The summed E-state index contributed by atoms with van der Waals surface area (Å²) in [6.45, 7) is 4.36. The van der Waals surface area contributed by atoms with Crippen LogP contribution in [0.1, 0.15) is 42.5 Å². The summed E-state index contributed by atoms with van der Waals surface area (Å²) >= 11 is 3.24. The molecule has 2 rings (SSSR count). The van der Waals surface area contributed by atoms with Crippen molar-refractivity contribution in [3.05, 3.63) is 69.4 Å². The van der Waals surface area contributed by atoms with E-state index in [0.717, 1.165) is 5.56 Å². The standard InChI is InChI=1S/C17H19BrFN/c1-11(2)12-4-6-13(7-5-12)17(20-3)14-8-9-16(19)15(18)10-14/h4-11,17,20H,1-3H3. The van der Waals surface area contributed by atoms with Crippen molar-refractivity contribution in [2.24, 2.45) is 0 Å². The molecule has 0 saturated carbocycles. The van der Waals surface area contributed by atoms with Gasteiger partial charge >= 0.3 is 0 Å². The lowest BCUT2D eigenvalue weighted by Crippen LogP contribution is -2.17. The third-order valence-corrected chi connectivity index (χ3v) is 4.11. The Morgan fingerprint density at radius 2 is 1.50 bits per heavy atom. The molecule has 1 atom stereocenters. The van der Waals surface area contributed by atoms with Crippen LogP contribution >= 0.6 is 15.9 Å². The van der Waals surface area contributed by atoms with Gasteiger partial charge in [-0.2, -0.15) is 0 Å². The molecule has 0 aliphatic rings. The third-order valence-electron chi connectivity index (χ3n) is 3.50. The van der Waals surface area contributed by atoms with Crippen molar-refractivity contribution >= 4 is 15.9 Å². The van der Waals surface area contributed by atoms with Crippen LogP contribution in [0.5, 0.6) is 0 Å². The summed E-state index contributed by atoms with van der Waals surface area (Å²) in [5, 5.41) is 3.29. The molecule has 20 heavy (non-hydrogen) atoms. The Morgan fingerprint density at radius 1 is 0.950 bits per heavy atom. The summed E-state index contributed by atoms with van der Waals surface area (Å²) in [6.07, 6.45) is 0. The lowest BCUT2D eigenvalue weighted by molar-refractivity contribution is 0.616. The highest BCUT2D eigenvalue weighted by Gasteiger charge is 2.13. The van der Waals surface area contributed by atoms with E-state index in [1.54, 1.807) is 0 Å². The fraction of sp³-hybridized carbons (Fsp3) is 0.294. The molecule has 0 spiro atoms. The Labute approximate surface area is 128 Å². The summed E-state index contributed by atoms with van der Waals surface area (Å²) in [5.74, 6) is 0.288. The van der Waals surface area contributed by atoms with Gasteiger partial charge in [0.15, 0.2) is 0 Å². The van der Waals surface area contributed by atoms with Crippen molar-refractivity contribution in [1.29, 1.82) is 0 Å². The minimum Gasteiger partial charge on any atom is -0.309 e. The molecule has 0 aromatic heterocycles. The molecule has 2 aromatic rings.